The number of nitrogens with one attached hydrogen (secondary N) is 1. The molecule has 1 atom stereocenters. The fourth-order valence-electron chi connectivity index (χ4n) is 2.21. The van der Waals surface area contributed by atoms with E-state index in [1.54, 1.807) is 0 Å². The average Bonchev–Trinajstić information content (AvgIpc) is 2.27. The van der Waals surface area contributed by atoms with Gasteiger partial charge in [0.15, 0.2) is 0 Å². The molecule has 1 aromatic rings. The minimum atomic E-state index is 0.506. The zero-order chi connectivity index (χ0) is 11.7. The zero-order valence-electron chi connectivity index (χ0n) is 10.7. The summed E-state index contributed by atoms with van der Waals surface area (Å²) in [5.74, 6) is 2.31. The summed E-state index contributed by atoms with van der Waals surface area (Å²) in [6, 6.07) is 4.99. The first-order valence-corrected chi connectivity index (χ1v) is 6.34. The van der Waals surface area contributed by atoms with Gasteiger partial charge in [0, 0.05) is 11.7 Å². The first-order chi connectivity index (χ1) is 7.58. The number of aromatic nitrogens is 1. The third kappa shape index (κ3) is 2.21. The van der Waals surface area contributed by atoms with Gasteiger partial charge in [-0.15, -0.1) is 0 Å². The molecule has 0 spiro atoms. The number of hydrogen-bond donors (Lipinski definition) is 1. The molecule has 0 saturated heterocycles. The number of anilines is 1. The molecular weight excluding hydrogens is 196 g/mol. The summed E-state index contributed by atoms with van der Waals surface area (Å²) in [6.45, 7) is 8.93. The van der Waals surface area contributed by atoms with Crippen LogP contribution in [0.4, 0.5) is 5.82 Å². The number of aryl methyl sites for hydroxylation is 1. The van der Waals surface area contributed by atoms with E-state index in [2.05, 4.69) is 45.1 Å². The molecule has 2 rings (SSSR count). The van der Waals surface area contributed by atoms with E-state index in [0.29, 0.717) is 17.9 Å². The van der Waals surface area contributed by atoms with Crippen LogP contribution in [0.3, 0.4) is 0 Å². The monoisotopic (exact) mass is 218 g/mol. The van der Waals surface area contributed by atoms with Gasteiger partial charge in [-0.05, 0) is 36.3 Å². The Morgan fingerprint density at radius 2 is 2.00 bits per heavy atom. The standard InChI is InChI=1S/C14H22N2/c1-9(2)12-7-5-11-6-8-13(10(3)4)16-14(11)15-12/h5,7,9-10,13H,6,8H2,1-4H3,(H,15,16)/t13-/m0/s1. The van der Waals surface area contributed by atoms with Crippen LogP contribution in [0.25, 0.3) is 0 Å². The molecule has 1 aliphatic heterocycles. The van der Waals surface area contributed by atoms with Gasteiger partial charge in [-0.2, -0.15) is 0 Å². The zero-order valence-corrected chi connectivity index (χ0v) is 10.7. The Balaban J connectivity index is 2.25. The van der Waals surface area contributed by atoms with Crippen LogP contribution in [0, 0.1) is 5.92 Å². The van der Waals surface area contributed by atoms with E-state index >= 15 is 0 Å². The molecule has 2 heterocycles. The fourth-order valence-corrected chi connectivity index (χ4v) is 2.21. The second-order valence-corrected chi connectivity index (χ2v) is 5.43. The lowest BCUT2D eigenvalue weighted by atomic mass is 9.93. The molecule has 2 heteroatoms. The van der Waals surface area contributed by atoms with Crippen LogP contribution in [0.15, 0.2) is 12.1 Å². The van der Waals surface area contributed by atoms with Crippen LogP contribution < -0.4 is 5.32 Å². The van der Waals surface area contributed by atoms with E-state index < -0.39 is 0 Å². The average molecular weight is 218 g/mol. The van der Waals surface area contributed by atoms with Crippen LogP contribution in [-0.2, 0) is 6.42 Å². The molecule has 0 fully saturated rings. The number of hydrogen-bond acceptors (Lipinski definition) is 2. The van der Waals surface area contributed by atoms with Gasteiger partial charge in [0.05, 0.1) is 0 Å². The van der Waals surface area contributed by atoms with Crippen molar-refractivity contribution in [2.45, 2.75) is 52.5 Å². The van der Waals surface area contributed by atoms with Gasteiger partial charge in [-0.25, -0.2) is 4.98 Å². The Kier molecular flexibility index (Phi) is 3.17. The van der Waals surface area contributed by atoms with Crippen LogP contribution in [-0.4, -0.2) is 11.0 Å². The third-order valence-corrected chi connectivity index (χ3v) is 3.44. The van der Waals surface area contributed by atoms with Crippen molar-refractivity contribution in [2.75, 3.05) is 5.32 Å². The van der Waals surface area contributed by atoms with Crippen LogP contribution in [0.2, 0.25) is 0 Å². The van der Waals surface area contributed by atoms with Crippen molar-refractivity contribution in [2.24, 2.45) is 5.92 Å². The minimum Gasteiger partial charge on any atom is -0.367 e. The normalized spacial score (nSPS) is 19.8. The van der Waals surface area contributed by atoms with Crippen LogP contribution in [0.1, 0.15) is 51.3 Å². The predicted octanol–water partition coefficient (Wildman–Crippen LogP) is 3.59. The van der Waals surface area contributed by atoms with Crippen LogP contribution in [0.5, 0.6) is 0 Å². The molecule has 0 unspecified atom stereocenters. The van der Waals surface area contributed by atoms with Crippen molar-refractivity contribution in [3.63, 3.8) is 0 Å². The summed E-state index contributed by atoms with van der Waals surface area (Å²) in [4.78, 5) is 4.73. The maximum atomic E-state index is 4.73. The van der Waals surface area contributed by atoms with Gasteiger partial charge in [0.2, 0.25) is 0 Å². The smallest absolute Gasteiger partial charge is 0.129 e. The number of pyridine rings is 1. The second kappa shape index (κ2) is 4.44. The Morgan fingerprint density at radius 3 is 2.62 bits per heavy atom. The van der Waals surface area contributed by atoms with E-state index in [1.165, 1.54) is 17.7 Å². The highest BCUT2D eigenvalue weighted by atomic mass is 15.0. The van der Waals surface area contributed by atoms with E-state index in [0.717, 1.165) is 12.2 Å². The number of nitrogens with zero attached hydrogens (tertiary/aromatic N) is 1. The maximum Gasteiger partial charge on any atom is 0.129 e. The van der Waals surface area contributed by atoms with Crippen molar-refractivity contribution in [3.05, 3.63) is 23.4 Å². The number of fused-ring (bicyclic) bond motifs is 1. The van der Waals surface area contributed by atoms with Gasteiger partial charge in [-0.3, -0.25) is 0 Å². The summed E-state index contributed by atoms with van der Waals surface area (Å²) in [5, 5.41) is 3.58. The van der Waals surface area contributed by atoms with Gasteiger partial charge in [-0.1, -0.05) is 33.8 Å². The Labute approximate surface area is 98.5 Å². The minimum absolute atomic E-state index is 0.506. The van der Waals surface area contributed by atoms with Crippen molar-refractivity contribution in [1.82, 2.24) is 4.98 Å². The molecule has 2 nitrogen and oxygen atoms in total. The summed E-state index contributed by atoms with van der Waals surface area (Å²) in [6.07, 6.45) is 2.39. The fraction of sp³-hybridized carbons (Fsp3) is 0.643. The molecule has 1 aliphatic rings. The van der Waals surface area contributed by atoms with Crippen molar-refractivity contribution < 1.29 is 0 Å². The van der Waals surface area contributed by atoms with Gasteiger partial charge >= 0.3 is 0 Å². The van der Waals surface area contributed by atoms with E-state index in [1.807, 2.05) is 0 Å². The van der Waals surface area contributed by atoms with E-state index in [4.69, 9.17) is 4.98 Å². The topological polar surface area (TPSA) is 24.9 Å². The molecule has 0 saturated carbocycles. The molecule has 0 aliphatic carbocycles. The quantitative estimate of drug-likeness (QED) is 0.820. The molecule has 88 valence electrons. The van der Waals surface area contributed by atoms with Gasteiger partial charge < -0.3 is 5.32 Å². The molecule has 0 amide bonds. The maximum absolute atomic E-state index is 4.73. The lowest BCUT2D eigenvalue weighted by molar-refractivity contribution is 0.480. The lowest BCUT2D eigenvalue weighted by Crippen LogP contribution is -2.31. The van der Waals surface area contributed by atoms with E-state index in [-0.39, 0.29) is 0 Å². The molecule has 16 heavy (non-hydrogen) atoms. The van der Waals surface area contributed by atoms with Gasteiger partial charge in [0.25, 0.3) is 0 Å². The molecule has 0 bridgehead atoms. The van der Waals surface area contributed by atoms with Crippen LogP contribution >= 0.6 is 0 Å². The summed E-state index contributed by atoms with van der Waals surface area (Å²) >= 11 is 0. The number of rotatable bonds is 2. The van der Waals surface area contributed by atoms with E-state index in [9.17, 15) is 0 Å². The Bertz CT molecular complexity index is 369. The summed E-state index contributed by atoms with van der Waals surface area (Å²) in [7, 11) is 0. The van der Waals surface area contributed by atoms with Gasteiger partial charge in [0.1, 0.15) is 5.82 Å². The molecule has 1 N–H and O–H groups in total. The largest absolute Gasteiger partial charge is 0.367 e. The highest BCUT2D eigenvalue weighted by Gasteiger charge is 2.21. The van der Waals surface area contributed by atoms with Crippen molar-refractivity contribution in [1.29, 1.82) is 0 Å². The summed E-state index contributed by atoms with van der Waals surface area (Å²) in [5.41, 5.74) is 2.57. The first kappa shape index (κ1) is 11.4. The molecule has 0 aromatic carbocycles. The first-order valence-electron chi connectivity index (χ1n) is 6.34. The third-order valence-electron chi connectivity index (χ3n) is 3.44. The highest BCUT2D eigenvalue weighted by Crippen LogP contribution is 2.27. The molecule has 1 aromatic heterocycles. The molecular formula is C14H22N2. The Morgan fingerprint density at radius 1 is 1.25 bits per heavy atom. The highest BCUT2D eigenvalue weighted by molar-refractivity contribution is 5.48. The molecule has 0 radical (unpaired) electrons. The SMILES string of the molecule is CC(C)c1ccc2c(n1)N[C@H](C(C)C)CC2. The summed E-state index contributed by atoms with van der Waals surface area (Å²) < 4.78 is 0. The van der Waals surface area contributed by atoms with Crippen molar-refractivity contribution >= 4 is 5.82 Å². The second-order valence-electron chi connectivity index (χ2n) is 5.43. The lowest BCUT2D eigenvalue weighted by Gasteiger charge is -2.29. The predicted molar refractivity (Wildman–Crippen MR) is 68.9 cm³/mol. The Hall–Kier alpha value is -1.05. The van der Waals surface area contributed by atoms with Crippen molar-refractivity contribution in [3.8, 4) is 0 Å².